The van der Waals surface area contributed by atoms with Crippen LogP contribution in [0.1, 0.15) is 11.1 Å². The number of nitrogens with one attached hydrogen (secondary N) is 1. The van der Waals surface area contributed by atoms with E-state index in [-0.39, 0.29) is 25.3 Å². The molecule has 0 atom stereocenters. The Hall–Kier alpha value is -2.32. The molecule has 2 aromatic rings. The molecule has 0 radical (unpaired) electrons. The minimum absolute atomic E-state index is 0.00511. The number of rotatable bonds is 9. The standard InChI is InChI=1S/C19H22F2N2O3S/c1-27(25,26)23(13-11-16-4-2-3-5-18(16)21)14-19(24)22-12-10-15-6-8-17(20)9-7-15/h2-9H,10-14H2,1H3,(H,22,24). The second-order valence-corrected chi connectivity index (χ2v) is 8.15. The highest BCUT2D eigenvalue weighted by Gasteiger charge is 2.20. The zero-order valence-corrected chi connectivity index (χ0v) is 15.8. The highest BCUT2D eigenvalue weighted by Crippen LogP contribution is 2.09. The summed E-state index contributed by atoms with van der Waals surface area (Å²) >= 11 is 0. The van der Waals surface area contributed by atoms with Gasteiger partial charge < -0.3 is 5.32 Å². The van der Waals surface area contributed by atoms with Crippen LogP contribution in [0, 0.1) is 11.6 Å². The molecule has 2 aromatic carbocycles. The minimum Gasteiger partial charge on any atom is -0.355 e. The van der Waals surface area contributed by atoms with Gasteiger partial charge in [-0.3, -0.25) is 4.79 Å². The summed E-state index contributed by atoms with van der Waals surface area (Å²) in [6, 6.07) is 12.0. The van der Waals surface area contributed by atoms with Crippen molar-refractivity contribution in [2.24, 2.45) is 0 Å². The number of amides is 1. The van der Waals surface area contributed by atoms with Gasteiger partial charge >= 0.3 is 0 Å². The SMILES string of the molecule is CS(=O)(=O)N(CCc1ccccc1F)CC(=O)NCCc1ccc(F)cc1. The maximum absolute atomic E-state index is 13.7. The quantitative estimate of drug-likeness (QED) is 0.706. The van der Waals surface area contributed by atoms with Crippen LogP contribution < -0.4 is 5.32 Å². The molecule has 0 aliphatic heterocycles. The lowest BCUT2D eigenvalue weighted by atomic mass is 10.1. The van der Waals surface area contributed by atoms with Crippen LogP contribution >= 0.6 is 0 Å². The summed E-state index contributed by atoms with van der Waals surface area (Å²) in [7, 11) is -3.62. The van der Waals surface area contributed by atoms with Gasteiger partial charge in [0, 0.05) is 13.1 Å². The lowest BCUT2D eigenvalue weighted by Crippen LogP contribution is -2.41. The molecule has 0 spiro atoms. The summed E-state index contributed by atoms with van der Waals surface area (Å²) in [6.45, 7) is -0.0305. The Morgan fingerprint density at radius 2 is 1.70 bits per heavy atom. The van der Waals surface area contributed by atoms with Crippen molar-refractivity contribution < 1.29 is 22.0 Å². The average Bonchev–Trinajstić information content (AvgIpc) is 2.60. The third-order valence-corrected chi connectivity index (χ3v) is 5.28. The van der Waals surface area contributed by atoms with Gasteiger partial charge in [0.15, 0.2) is 0 Å². The molecular formula is C19H22F2N2O3S. The van der Waals surface area contributed by atoms with Crippen molar-refractivity contribution in [3.05, 3.63) is 71.3 Å². The number of sulfonamides is 1. The molecule has 0 aliphatic carbocycles. The molecule has 146 valence electrons. The molecule has 1 amide bonds. The van der Waals surface area contributed by atoms with Crippen molar-refractivity contribution >= 4 is 15.9 Å². The van der Waals surface area contributed by atoms with Crippen molar-refractivity contribution in [2.45, 2.75) is 12.8 Å². The van der Waals surface area contributed by atoms with Crippen LogP contribution in [0.3, 0.4) is 0 Å². The number of hydrogen-bond acceptors (Lipinski definition) is 3. The molecule has 8 heteroatoms. The molecule has 0 bridgehead atoms. The van der Waals surface area contributed by atoms with Gasteiger partial charge in [-0.25, -0.2) is 17.2 Å². The van der Waals surface area contributed by atoms with E-state index in [1.165, 1.54) is 18.2 Å². The minimum atomic E-state index is -3.62. The molecule has 0 fully saturated rings. The van der Waals surface area contributed by atoms with Gasteiger partial charge in [0.25, 0.3) is 0 Å². The Balaban J connectivity index is 1.86. The second kappa shape index (κ2) is 9.57. The van der Waals surface area contributed by atoms with E-state index in [1.807, 2.05) is 0 Å². The molecule has 0 saturated heterocycles. The first kappa shape index (κ1) is 21.0. The van der Waals surface area contributed by atoms with Gasteiger partial charge in [0.1, 0.15) is 11.6 Å². The van der Waals surface area contributed by atoms with Gasteiger partial charge in [0.2, 0.25) is 15.9 Å². The van der Waals surface area contributed by atoms with Gasteiger partial charge in [-0.2, -0.15) is 4.31 Å². The molecule has 0 aliphatic rings. The first-order chi connectivity index (χ1) is 12.8. The zero-order chi connectivity index (χ0) is 19.9. The molecule has 0 saturated carbocycles. The summed E-state index contributed by atoms with van der Waals surface area (Å²) in [5.74, 6) is -1.19. The van der Waals surface area contributed by atoms with E-state index in [0.717, 1.165) is 16.1 Å². The number of nitrogens with zero attached hydrogens (tertiary/aromatic N) is 1. The Labute approximate surface area is 158 Å². The van der Waals surface area contributed by atoms with Gasteiger partial charge in [-0.15, -0.1) is 0 Å². The lowest BCUT2D eigenvalue weighted by Gasteiger charge is -2.19. The van der Waals surface area contributed by atoms with Crippen LogP contribution in [0.2, 0.25) is 0 Å². The largest absolute Gasteiger partial charge is 0.355 e. The molecule has 0 heterocycles. The lowest BCUT2D eigenvalue weighted by molar-refractivity contribution is -0.121. The molecule has 2 rings (SSSR count). The van der Waals surface area contributed by atoms with Crippen molar-refractivity contribution in [3.8, 4) is 0 Å². The van der Waals surface area contributed by atoms with Crippen molar-refractivity contribution in [3.63, 3.8) is 0 Å². The van der Waals surface area contributed by atoms with Gasteiger partial charge in [-0.05, 0) is 42.2 Å². The number of benzene rings is 2. The van der Waals surface area contributed by atoms with Crippen molar-refractivity contribution in [2.75, 3.05) is 25.9 Å². The second-order valence-electron chi connectivity index (χ2n) is 6.16. The molecular weight excluding hydrogens is 374 g/mol. The van der Waals surface area contributed by atoms with Crippen molar-refractivity contribution in [1.82, 2.24) is 9.62 Å². The monoisotopic (exact) mass is 396 g/mol. The summed E-state index contributed by atoms with van der Waals surface area (Å²) in [5.41, 5.74) is 1.25. The zero-order valence-electron chi connectivity index (χ0n) is 15.0. The number of halogens is 2. The average molecular weight is 396 g/mol. The normalized spacial score (nSPS) is 11.6. The summed E-state index contributed by atoms with van der Waals surface area (Å²) in [5, 5.41) is 2.65. The number of hydrogen-bond donors (Lipinski definition) is 1. The van der Waals surface area contributed by atoms with Crippen molar-refractivity contribution in [1.29, 1.82) is 0 Å². The third kappa shape index (κ3) is 7.07. The highest BCUT2D eigenvalue weighted by molar-refractivity contribution is 7.88. The van der Waals surface area contributed by atoms with E-state index in [4.69, 9.17) is 0 Å². The molecule has 0 aromatic heterocycles. The van der Waals surface area contributed by atoms with E-state index < -0.39 is 21.7 Å². The van der Waals surface area contributed by atoms with Crippen LogP contribution in [0.4, 0.5) is 8.78 Å². The maximum Gasteiger partial charge on any atom is 0.235 e. The first-order valence-corrected chi connectivity index (χ1v) is 10.3. The van der Waals surface area contributed by atoms with Gasteiger partial charge in [-0.1, -0.05) is 30.3 Å². The van der Waals surface area contributed by atoms with E-state index in [2.05, 4.69) is 5.32 Å². The predicted molar refractivity (Wildman–Crippen MR) is 99.6 cm³/mol. The predicted octanol–water partition coefficient (Wildman–Crippen LogP) is 2.13. The number of carbonyl (C=O) groups is 1. The topological polar surface area (TPSA) is 66.5 Å². The fraction of sp³-hybridized carbons (Fsp3) is 0.316. The van der Waals surface area contributed by atoms with Crippen LogP contribution in [-0.4, -0.2) is 44.5 Å². The van der Waals surface area contributed by atoms with Crippen LogP contribution in [-0.2, 0) is 27.7 Å². The van der Waals surface area contributed by atoms with E-state index in [9.17, 15) is 22.0 Å². The fourth-order valence-electron chi connectivity index (χ4n) is 2.52. The maximum atomic E-state index is 13.7. The molecule has 0 unspecified atom stereocenters. The smallest absolute Gasteiger partial charge is 0.235 e. The Morgan fingerprint density at radius 1 is 1.04 bits per heavy atom. The number of carbonyl (C=O) groups excluding carboxylic acids is 1. The van der Waals surface area contributed by atoms with Crippen LogP contribution in [0.5, 0.6) is 0 Å². The Morgan fingerprint density at radius 3 is 2.33 bits per heavy atom. The first-order valence-electron chi connectivity index (χ1n) is 8.45. The summed E-state index contributed by atoms with van der Waals surface area (Å²) < 4.78 is 51.4. The summed E-state index contributed by atoms with van der Waals surface area (Å²) in [6.07, 6.45) is 1.68. The Kier molecular flexibility index (Phi) is 7.44. The van der Waals surface area contributed by atoms with E-state index >= 15 is 0 Å². The third-order valence-electron chi connectivity index (χ3n) is 4.03. The van der Waals surface area contributed by atoms with Crippen LogP contribution in [0.25, 0.3) is 0 Å². The Bertz CT molecular complexity index is 871. The molecule has 1 N–H and O–H groups in total. The fourth-order valence-corrected chi connectivity index (χ4v) is 3.30. The summed E-state index contributed by atoms with van der Waals surface area (Å²) in [4.78, 5) is 12.1. The molecule has 5 nitrogen and oxygen atoms in total. The highest BCUT2D eigenvalue weighted by atomic mass is 32.2. The van der Waals surface area contributed by atoms with Crippen LogP contribution in [0.15, 0.2) is 48.5 Å². The van der Waals surface area contributed by atoms with E-state index in [0.29, 0.717) is 18.5 Å². The van der Waals surface area contributed by atoms with E-state index in [1.54, 1.807) is 30.3 Å². The molecule has 27 heavy (non-hydrogen) atoms. The van der Waals surface area contributed by atoms with Gasteiger partial charge in [0.05, 0.1) is 12.8 Å².